The number of amides is 1. The zero-order chi connectivity index (χ0) is 17.7. The number of carbonyl (C=O) groups excluding carboxylic acids is 1. The van der Waals surface area contributed by atoms with E-state index in [0.717, 1.165) is 23.1 Å². The molecule has 1 unspecified atom stereocenters. The average molecular weight is 352 g/mol. The molecule has 1 amide bonds. The maximum atomic E-state index is 12.3. The van der Waals surface area contributed by atoms with Gasteiger partial charge in [-0.25, -0.2) is 9.59 Å². The molecular weight excluding hydrogens is 330 g/mol. The number of hydrogen-bond acceptors (Lipinski definition) is 4. The summed E-state index contributed by atoms with van der Waals surface area (Å²) >= 11 is 5.86. The summed E-state index contributed by atoms with van der Waals surface area (Å²) in [6.45, 7) is 3.77. The predicted molar refractivity (Wildman–Crippen MR) is 94.3 cm³/mol. The van der Waals surface area contributed by atoms with Crippen LogP contribution in [0.25, 0.3) is 0 Å². The lowest BCUT2D eigenvalue weighted by molar-refractivity contribution is 0.234. The minimum atomic E-state index is -0.521. The van der Waals surface area contributed by atoms with Crippen LogP contribution in [0.2, 0.25) is 5.02 Å². The van der Waals surface area contributed by atoms with Crippen LogP contribution in [-0.2, 0) is 12.8 Å². The highest BCUT2D eigenvalue weighted by atomic mass is 35.5. The van der Waals surface area contributed by atoms with Gasteiger partial charge in [-0.3, -0.25) is 0 Å². The minimum Gasteiger partial charge on any atom is -0.334 e. The Balaban J connectivity index is 1.97. The SMILES string of the molecule is CCc1nn(C(=O)NC(C)CCc2ccc(Cl)cc2)c(=O)n1NC. The third-order valence-corrected chi connectivity index (χ3v) is 3.98. The van der Waals surface area contributed by atoms with Gasteiger partial charge in [-0.15, -0.1) is 9.78 Å². The molecule has 2 rings (SSSR count). The lowest BCUT2D eigenvalue weighted by Crippen LogP contribution is -2.42. The van der Waals surface area contributed by atoms with Gasteiger partial charge in [0.15, 0.2) is 5.82 Å². The molecule has 0 bridgehead atoms. The number of rotatable bonds is 6. The average Bonchev–Trinajstić information content (AvgIpc) is 2.90. The first-order valence-electron chi connectivity index (χ1n) is 7.90. The van der Waals surface area contributed by atoms with Crippen molar-refractivity contribution in [1.82, 2.24) is 19.8 Å². The van der Waals surface area contributed by atoms with Crippen LogP contribution in [0.1, 0.15) is 31.7 Å². The molecule has 8 heteroatoms. The summed E-state index contributed by atoms with van der Waals surface area (Å²) in [5.74, 6) is 0.506. The molecule has 7 nitrogen and oxygen atoms in total. The summed E-state index contributed by atoms with van der Waals surface area (Å²) in [5, 5.41) is 7.56. The van der Waals surface area contributed by atoms with Gasteiger partial charge < -0.3 is 10.7 Å². The van der Waals surface area contributed by atoms with E-state index >= 15 is 0 Å². The number of benzene rings is 1. The smallest absolute Gasteiger partial charge is 0.334 e. The van der Waals surface area contributed by atoms with Crippen LogP contribution >= 0.6 is 11.6 Å². The summed E-state index contributed by atoms with van der Waals surface area (Å²) in [4.78, 5) is 24.4. The van der Waals surface area contributed by atoms with Crippen LogP contribution in [0.4, 0.5) is 4.79 Å². The summed E-state index contributed by atoms with van der Waals surface area (Å²) in [6, 6.07) is 7.00. The van der Waals surface area contributed by atoms with Gasteiger partial charge in [0.05, 0.1) is 0 Å². The summed E-state index contributed by atoms with van der Waals surface area (Å²) in [5.41, 5.74) is 3.37. The highest BCUT2D eigenvalue weighted by molar-refractivity contribution is 6.30. The number of carbonyl (C=O) groups is 1. The lowest BCUT2D eigenvalue weighted by Gasteiger charge is -2.13. The topological polar surface area (TPSA) is 81.0 Å². The van der Waals surface area contributed by atoms with Gasteiger partial charge in [-0.05, 0) is 37.5 Å². The summed E-state index contributed by atoms with van der Waals surface area (Å²) in [7, 11) is 1.61. The normalized spacial score (nSPS) is 12.0. The fourth-order valence-corrected chi connectivity index (χ4v) is 2.50. The third-order valence-electron chi connectivity index (χ3n) is 3.73. The molecule has 0 saturated heterocycles. The van der Waals surface area contributed by atoms with Crippen molar-refractivity contribution in [3.05, 3.63) is 51.2 Å². The van der Waals surface area contributed by atoms with Crippen molar-refractivity contribution >= 4 is 17.6 Å². The molecule has 0 aliphatic carbocycles. The van der Waals surface area contributed by atoms with Gasteiger partial charge in [0, 0.05) is 24.5 Å². The Kier molecular flexibility index (Phi) is 6.03. The van der Waals surface area contributed by atoms with Crippen molar-refractivity contribution in [1.29, 1.82) is 0 Å². The van der Waals surface area contributed by atoms with E-state index in [-0.39, 0.29) is 6.04 Å². The van der Waals surface area contributed by atoms with Crippen LogP contribution in [-0.4, -0.2) is 33.6 Å². The summed E-state index contributed by atoms with van der Waals surface area (Å²) < 4.78 is 2.12. The molecule has 1 heterocycles. The van der Waals surface area contributed by atoms with E-state index in [1.807, 2.05) is 38.1 Å². The Morgan fingerprint density at radius 2 is 2.00 bits per heavy atom. The second-order valence-corrected chi connectivity index (χ2v) is 5.98. The van der Waals surface area contributed by atoms with Gasteiger partial charge in [0.2, 0.25) is 0 Å². The largest absolute Gasteiger partial charge is 0.373 e. The Morgan fingerprint density at radius 3 is 2.54 bits per heavy atom. The number of halogens is 1. The highest BCUT2D eigenvalue weighted by Gasteiger charge is 2.18. The number of nitrogens with one attached hydrogen (secondary N) is 2. The molecule has 0 spiro atoms. The first-order valence-corrected chi connectivity index (χ1v) is 8.28. The second-order valence-electron chi connectivity index (χ2n) is 5.54. The summed E-state index contributed by atoms with van der Waals surface area (Å²) in [6.07, 6.45) is 2.09. The van der Waals surface area contributed by atoms with Crippen molar-refractivity contribution in [3.8, 4) is 0 Å². The monoisotopic (exact) mass is 351 g/mol. The Bertz CT molecular complexity index is 751. The molecule has 0 aliphatic heterocycles. The van der Waals surface area contributed by atoms with Crippen LogP contribution in [0.3, 0.4) is 0 Å². The van der Waals surface area contributed by atoms with E-state index in [9.17, 15) is 9.59 Å². The van der Waals surface area contributed by atoms with Gasteiger partial charge in [-0.2, -0.15) is 4.68 Å². The van der Waals surface area contributed by atoms with Crippen molar-refractivity contribution in [2.24, 2.45) is 0 Å². The highest BCUT2D eigenvalue weighted by Crippen LogP contribution is 2.11. The van der Waals surface area contributed by atoms with E-state index in [2.05, 4.69) is 15.8 Å². The van der Waals surface area contributed by atoms with Gasteiger partial charge in [0.1, 0.15) is 0 Å². The van der Waals surface area contributed by atoms with Crippen LogP contribution in [0.5, 0.6) is 0 Å². The van der Waals surface area contributed by atoms with Crippen molar-refractivity contribution < 1.29 is 4.79 Å². The molecule has 2 aromatic rings. The molecule has 0 radical (unpaired) electrons. The minimum absolute atomic E-state index is 0.0927. The Morgan fingerprint density at radius 1 is 1.33 bits per heavy atom. The molecule has 1 aromatic carbocycles. The second kappa shape index (κ2) is 8.01. The quantitative estimate of drug-likeness (QED) is 0.834. The first kappa shape index (κ1) is 18.1. The van der Waals surface area contributed by atoms with E-state index < -0.39 is 11.7 Å². The number of aryl methyl sites for hydroxylation is 2. The molecule has 0 saturated carbocycles. The number of hydrogen-bond donors (Lipinski definition) is 2. The third kappa shape index (κ3) is 4.17. The molecule has 24 heavy (non-hydrogen) atoms. The maximum Gasteiger partial charge on any atom is 0.373 e. The molecular formula is C16H22ClN5O2. The Hall–Kier alpha value is -2.28. The van der Waals surface area contributed by atoms with Crippen molar-refractivity contribution in [2.45, 2.75) is 39.2 Å². The molecule has 0 aliphatic rings. The number of nitrogens with zero attached hydrogens (tertiary/aromatic N) is 3. The van der Waals surface area contributed by atoms with Crippen LogP contribution < -0.4 is 16.4 Å². The fourth-order valence-electron chi connectivity index (χ4n) is 2.37. The Labute approximate surface area is 145 Å². The van der Waals surface area contributed by atoms with E-state index in [1.165, 1.54) is 4.68 Å². The number of aromatic nitrogens is 3. The van der Waals surface area contributed by atoms with Crippen LogP contribution in [0, 0.1) is 0 Å². The zero-order valence-electron chi connectivity index (χ0n) is 14.0. The first-order chi connectivity index (χ1) is 11.5. The maximum absolute atomic E-state index is 12.3. The predicted octanol–water partition coefficient (Wildman–Crippen LogP) is 2.01. The van der Waals surface area contributed by atoms with Crippen LogP contribution in [0.15, 0.2) is 29.1 Å². The van der Waals surface area contributed by atoms with Gasteiger partial charge in [0.25, 0.3) is 0 Å². The van der Waals surface area contributed by atoms with Crippen molar-refractivity contribution in [2.75, 3.05) is 12.5 Å². The van der Waals surface area contributed by atoms with E-state index in [1.54, 1.807) is 7.05 Å². The lowest BCUT2D eigenvalue weighted by atomic mass is 10.1. The van der Waals surface area contributed by atoms with Crippen molar-refractivity contribution in [3.63, 3.8) is 0 Å². The zero-order valence-corrected chi connectivity index (χ0v) is 14.8. The van der Waals surface area contributed by atoms with E-state index in [4.69, 9.17) is 11.6 Å². The van der Waals surface area contributed by atoms with Gasteiger partial charge >= 0.3 is 11.7 Å². The van der Waals surface area contributed by atoms with E-state index in [0.29, 0.717) is 17.3 Å². The molecule has 1 aromatic heterocycles. The molecule has 0 fully saturated rings. The standard InChI is InChI=1S/C16H22ClN5O2/c1-4-14-20-22(16(24)21(14)18-3)15(23)19-11(2)5-6-12-7-9-13(17)10-8-12/h7-11,18H,4-6H2,1-3H3,(H,19,23). The fraction of sp³-hybridized carbons (Fsp3) is 0.438. The molecule has 1 atom stereocenters. The van der Waals surface area contributed by atoms with Gasteiger partial charge in [-0.1, -0.05) is 30.7 Å². The molecule has 2 N–H and O–H groups in total. The molecule has 130 valence electrons.